The Morgan fingerprint density at radius 2 is 2.06 bits per heavy atom. The number of nitrogens with zero attached hydrogens (tertiary/aromatic N) is 1. The van der Waals surface area contributed by atoms with Crippen molar-refractivity contribution in [2.24, 2.45) is 0 Å². The van der Waals surface area contributed by atoms with Gasteiger partial charge in [0.15, 0.2) is 0 Å². The van der Waals surface area contributed by atoms with Gasteiger partial charge < -0.3 is 5.11 Å². The number of aliphatic hydroxyl groups is 1. The second-order valence-corrected chi connectivity index (χ2v) is 5.02. The molecule has 4 heteroatoms. The van der Waals surface area contributed by atoms with Crippen LogP contribution in [0.2, 0.25) is 0 Å². The minimum atomic E-state index is -0.391. The van der Waals surface area contributed by atoms with Crippen LogP contribution in [0.1, 0.15) is 56.3 Å². The Labute approximate surface area is 102 Å². The third-order valence-corrected chi connectivity index (χ3v) is 3.88. The number of aromatic amines is 1. The van der Waals surface area contributed by atoms with Gasteiger partial charge in [0.2, 0.25) is 0 Å². The molecule has 1 fully saturated rings. The highest BCUT2D eigenvalue weighted by atomic mass is 16.3. The van der Waals surface area contributed by atoms with E-state index in [9.17, 15) is 9.90 Å². The molecule has 1 aliphatic carbocycles. The molecule has 2 atom stereocenters. The first-order valence-electron chi connectivity index (χ1n) is 6.63. The third kappa shape index (κ3) is 2.32. The molecule has 2 N–H and O–H groups in total. The van der Waals surface area contributed by atoms with E-state index < -0.39 is 6.10 Å². The molecule has 1 heterocycles. The van der Waals surface area contributed by atoms with Crippen molar-refractivity contribution in [3.63, 3.8) is 0 Å². The maximum Gasteiger partial charge on any atom is 0.269 e. The van der Waals surface area contributed by atoms with Crippen LogP contribution in [0.3, 0.4) is 0 Å². The summed E-state index contributed by atoms with van der Waals surface area (Å²) in [6.45, 7) is 3.89. The molecular weight excluding hydrogens is 216 g/mol. The summed E-state index contributed by atoms with van der Waals surface area (Å²) in [5.74, 6) is 0. The van der Waals surface area contributed by atoms with Crippen LogP contribution < -0.4 is 5.56 Å². The molecular formula is C13H22N2O2. The van der Waals surface area contributed by atoms with Gasteiger partial charge in [-0.1, -0.05) is 26.2 Å². The molecule has 0 aliphatic heterocycles. The van der Waals surface area contributed by atoms with E-state index in [0.717, 1.165) is 49.8 Å². The lowest BCUT2D eigenvalue weighted by molar-refractivity contribution is 0.0971. The van der Waals surface area contributed by atoms with Gasteiger partial charge in [-0.05, 0) is 26.2 Å². The van der Waals surface area contributed by atoms with Crippen LogP contribution in [-0.2, 0) is 6.42 Å². The Balaban J connectivity index is 2.35. The van der Waals surface area contributed by atoms with Crippen molar-refractivity contribution >= 4 is 0 Å². The summed E-state index contributed by atoms with van der Waals surface area (Å²) >= 11 is 0. The predicted molar refractivity (Wildman–Crippen MR) is 67.3 cm³/mol. The number of aromatic nitrogens is 2. The fourth-order valence-electron chi connectivity index (χ4n) is 2.74. The molecule has 2 unspecified atom stereocenters. The molecule has 0 bridgehead atoms. The molecule has 0 aromatic carbocycles. The largest absolute Gasteiger partial charge is 0.391 e. The first-order valence-corrected chi connectivity index (χ1v) is 6.63. The zero-order valence-electron chi connectivity index (χ0n) is 10.7. The lowest BCUT2D eigenvalue weighted by Crippen LogP contribution is -2.31. The Bertz CT molecular complexity index is 433. The lowest BCUT2D eigenvalue weighted by atomic mass is 10.1. The van der Waals surface area contributed by atoms with Crippen molar-refractivity contribution in [2.45, 2.75) is 64.5 Å². The zero-order valence-corrected chi connectivity index (χ0v) is 10.7. The first kappa shape index (κ1) is 12.4. The zero-order chi connectivity index (χ0) is 12.4. The molecule has 0 saturated heterocycles. The van der Waals surface area contributed by atoms with Gasteiger partial charge >= 0.3 is 0 Å². The van der Waals surface area contributed by atoms with E-state index in [-0.39, 0.29) is 11.6 Å². The highest BCUT2D eigenvalue weighted by molar-refractivity contribution is 5.15. The summed E-state index contributed by atoms with van der Waals surface area (Å²) in [7, 11) is 0. The van der Waals surface area contributed by atoms with E-state index in [0.29, 0.717) is 0 Å². The minimum absolute atomic E-state index is 0.0350. The third-order valence-electron chi connectivity index (χ3n) is 3.88. The average molecular weight is 238 g/mol. The molecule has 4 nitrogen and oxygen atoms in total. The first-order chi connectivity index (χ1) is 8.15. The number of H-pyrrole nitrogens is 1. The second-order valence-electron chi connectivity index (χ2n) is 5.02. The fraction of sp³-hybridized carbons (Fsp3) is 0.769. The van der Waals surface area contributed by atoms with E-state index in [1.807, 2.05) is 13.8 Å². The smallest absolute Gasteiger partial charge is 0.269 e. The van der Waals surface area contributed by atoms with E-state index in [1.165, 1.54) is 0 Å². The van der Waals surface area contributed by atoms with Crippen LogP contribution in [0, 0.1) is 6.92 Å². The molecule has 0 radical (unpaired) electrons. The van der Waals surface area contributed by atoms with Crippen LogP contribution in [0.5, 0.6) is 0 Å². The molecule has 1 aromatic rings. The van der Waals surface area contributed by atoms with Gasteiger partial charge in [-0.15, -0.1) is 0 Å². The van der Waals surface area contributed by atoms with E-state index in [4.69, 9.17) is 0 Å². The summed E-state index contributed by atoms with van der Waals surface area (Å²) in [5.41, 5.74) is 1.82. The van der Waals surface area contributed by atoms with Gasteiger partial charge in [0.1, 0.15) is 0 Å². The maximum absolute atomic E-state index is 12.1. The molecule has 96 valence electrons. The number of hydrogen-bond acceptors (Lipinski definition) is 2. The van der Waals surface area contributed by atoms with Crippen molar-refractivity contribution in [1.82, 2.24) is 9.78 Å². The highest BCUT2D eigenvalue weighted by Crippen LogP contribution is 2.26. The second kappa shape index (κ2) is 5.08. The van der Waals surface area contributed by atoms with Crippen LogP contribution in [0.4, 0.5) is 0 Å². The standard InChI is InChI=1S/C13H22N2O2/c1-3-10-9(2)13(17)15(14-10)11-7-5-4-6-8-12(11)16/h11-12,14,16H,3-8H2,1-2H3. The van der Waals surface area contributed by atoms with Crippen molar-refractivity contribution in [2.75, 3.05) is 0 Å². The summed E-state index contributed by atoms with van der Waals surface area (Å²) in [6.07, 6.45) is 5.44. The summed E-state index contributed by atoms with van der Waals surface area (Å²) in [6, 6.07) is -0.0657. The van der Waals surface area contributed by atoms with Gasteiger partial charge in [-0.25, -0.2) is 4.68 Å². The van der Waals surface area contributed by atoms with Gasteiger partial charge in [-0.2, -0.15) is 0 Å². The Kier molecular flexibility index (Phi) is 3.72. The van der Waals surface area contributed by atoms with E-state index >= 15 is 0 Å². The molecule has 1 saturated carbocycles. The molecule has 2 rings (SSSR count). The SMILES string of the molecule is CCc1[nH]n(C2CCCCCC2O)c(=O)c1C. The summed E-state index contributed by atoms with van der Waals surface area (Å²) in [4.78, 5) is 12.1. The topological polar surface area (TPSA) is 58.0 Å². The normalized spacial score (nSPS) is 25.8. The van der Waals surface area contributed by atoms with Crippen LogP contribution >= 0.6 is 0 Å². The fourth-order valence-corrected chi connectivity index (χ4v) is 2.74. The molecule has 0 spiro atoms. The molecule has 1 aromatic heterocycles. The van der Waals surface area contributed by atoms with Crippen molar-refractivity contribution < 1.29 is 5.11 Å². The Morgan fingerprint density at radius 1 is 1.35 bits per heavy atom. The Morgan fingerprint density at radius 3 is 2.71 bits per heavy atom. The van der Waals surface area contributed by atoms with Crippen molar-refractivity contribution in [3.8, 4) is 0 Å². The summed E-state index contributed by atoms with van der Waals surface area (Å²) in [5, 5.41) is 13.3. The van der Waals surface area contributed by atoms with Gasteiger partial charge in [0, 0.05) is 11.3 Å². The Hall–Kier alpha value is -1.03. The number of aryl methyl sites for hydroxylation is 1. The lowest BCUT2D eigenvalue weighted by Gasteiger charge is -2.20. The van der Waals surface area contributed by atoms with Gasteiger partial charge in [0.05, 0.1) is 12.1 Å². The molecule has 17 heavy (non-hydrogen) atoms. The van der Waals surface area contributed by atoms with Crippen molar-refractivity contribution in [1.29, 1.82) is 0 Å². The van der Waals surface area contributed by atoms with Crippen LogP contribution in [0.25, 0.3) is 0 Å². The van der Waals surface area contributed by atoms with Gasteiger partial charge in [0.25, 0.3) is 5.56 Å². The number of rotatable bonds is 2. The number of hydrogen-bond donors (Lipinski definition) is 2. The monoisotopic (exact) mass is 238 g/mol. The minimum Gasteiger partial charge on any atom is -0.391 e. The average Bonchev–Trinajstić information content (AvgIpc) is 2.51. The quantitative estimate of drug-likeness (QED) is 0.773. The van der Waals surface area contributed by atoms with Crippen LogP contribution in [0.15, 0.2) is 4.79 Å². The van der Waals surface area contributed by atoms with E-state index in [2.05, 4.69) is 5.10 Å². The number of aliphatic hydroxyl groups excluding tert-OH is 1. The molecule has 1 aliphatic rings. The summed E-state index contributed by atoms with van der Waals surface area (Å²) < 4.78 is 1.66. The van der Waals surface area contributed by atoms with Crippen molar-refractivity contribution in [3.05, 3.63) is 21.6 Å². The maximum atomic E-state index is 12.1. The molecule has 0 amide bonds. The van der Waals surface area contributed by atoms with Crippen LogP contribution in [-0.4, -0.2) is 21.0 Å². The predicted octanol–water partition coefficient (Wildman–Crippen LogP) is 1.91. The number of nitrogens with one attached hydrogen (secondary N) is 1. The van der Waals surface area contributed by atoms with E-state index in [1.54, 1.807) is 4.68 Å². The highest BCUT2D eigenvalue weighted by Gasteiger charge is 2.26. The van der Waals surface area contributed by atoms with Gasteiger partial charge in [-0.3, -0.25) is 9.89 Å².